The molecule has 3 N–H and O–H groups in total. The average Bonchev–Trinajstić information content (AvgIpc) is 2.57. The Morgan fingerprint density at radius 2 is 2.04 bits per heavy atom. The molecule has 122 valence electrons. The minimum atomic E-state index is -0.830. The third kappa shape index (κ3) is 4.61. The largest absolute Gasteiger partial charge is 0.497 e. The van der Waals surface area contributed by atoms with Crippen LogP contribution in [0.3, 0.4) is 0 Å². The van der Waals surface area contributed by atoms with Crippen LogP contribution in [0.5, 0.6) is 5.75 Å². The van der Waals surface area contributed by atoms with E-state index in [1.807, 2.05) is 19.1 Å². The van der Waals surface area contributed by atoms with Gasteiger partial charge in [0.2, 0.25) is 0 Å². The summed E-state index contributed by atoms with van der Waals surface area (Å²) in [6.07, 6.45) is -0.830. The first-order valence-electron chi connectivity index (χ1n) is 7.13. The molecule has 0 spiro atoms. The zero-order valence-electron chi connectivity index (χ0n) is 13.0. The van der Waals surface area contributed by atoms with Crippen molar-refractivity contribution in [3.63, 3.8) is 0 Å². The van der Waals surface area contributed by atoms with E-state index in [1.54, 1.807) is 37.4 Å². The van der Waals surface area contributed by atoms with Crippen LogP contribution in [-0.4, -0.2) is 24.8 Å². The van der Waals surface area contributed by atoms with Crippen molar-refractivity contribution in [1.82, 2.24) is 5.32 Å². The molecule has 2 rings (SSSR count). The highest BCUT2D eigenvalue weighted by molar-refractivity contribution is 6.34. The molecule has 0 aromatic heterocycles. The highest BCUT2D eigenvalue weighted by Gasteiger charge is 2.11. The molecule has 0 fully saturated rings. The van der Waals surface area contributed by atoms with Crippen molar-refractivity contribution in [2.75, 3.05) is 19.0 Å². The molecule has 0 saturated carbocycles. The van der Waals surface area contributed by atoms with Crippen molar-refractivity contribution in [3.8, 4) is 5.75 Å². The summed E-state index contributed by atoms with van der Waals surface area (Å²) in [6.45, 7) is 1.93. The molecule has 0 heterocycles. The van der Waals surface area contributed by atoms with Crippen LogP contribution >= 0.6 is 11.6 Å². The minimum Gasteiger partial charge on any atom is -0.497 e. The van der Waals surface area contributed by atoms with Crippen LogP contribution in [0.1, 0.15) is 17.2 Å². The summed E-state index contributed by atoms with van der Waals surface area (Å²) in [7, 11) is 1.56. The van der Waals surface area contributed by atoms with Crippen molar-refractivity contribution in [1.29, 1.82) is 0 Å². The summed E-state index contributed by atoms with van der Waals surface area (Å²) in [4.78, 5) is 11.9. The Morgan fingerprint density at radius 1 is 1.30 bits per heavy atom. The Hall–Kier alpha value is -2.24. The van der Waals surface area contributed by atoms with Crippen LogP contribution in [0.2, 0.25) is 5.02 Å². The number of methoxy groups -OCH3 is 1. The lowest BCUT2D eigenvalue weighted by atomic mass is 10.1. The second-order valence-corrected chi connectivity index (χ2v) is 5.44. The number of halogens is 1. The van der Waals surface area contributed by atoms with Gasteiger partial charge in [0, 0.05) is 6.54 Å². The SMILES string of the molecule is COc1cccc(C(O)CNC(=O)Nc2cccc(C)c2Cl)c1. The molecule has 1 unspecified atom stereocenters. The van der Waals surface area contributed by atoms with Crippen molar-refractivity contribution in [2.45, 2.75) is 13.0 Å². The maximum Gasteiger partial charge on any atom is 0.319 e. The maximum absolute atomic E-state index is 11.9. The lowest BCUT2D eigenvalue weighted by Crippen LogP contribution is -2.32. The molecule has 1 atom stereocenters. The Labute approximate surface area is 140 Å². The van der Waals surface area contributed by atoms with E-state index in [0.29, 0.717) is 22.0 Å². The number of aliphatic hydroxyl groups excluding tert-OH is 1. The fraction of sp³-hybridized carbons (Fsp3) is 0.235. The van der Waals surface area contributed by atoms with E-state index in [-0.39, 0.29) is 6.54 Å². The van der Waals surface area contributed by atoms with Gasteiger partial charge >= 0.3 is 6.03 Å². The van der Waals surface area contributed by atoms with Gasteiger partial charge in [-0.2, -0.15) is 0 Å². The van der Waals surface area contributed by atoms with Crippen LogP contribution in [0.25, 0.3) is 0 Å². The molecule has 5 nitrogen and oxygen atoms in total. The summed E-state index contributed by atoms with van der Waals surface area (Å²) >= 11 is 6.12. The lowest BCUT2D eigenvalue weighted by Gasteiger charge is -2.14. The van der Waals surface area contributed by atoms with Crippen molar-refractivity contribution >= 4 is 23.3 Å². The molecule has 0 radical (unpaired) electrons. The summed E-state index contributed by atoms with van der Waals surface area (Å²) < 4.78 is 5.11. The number of amides is 2. The number of hydrogen-bond acceptors (Lipinski definition) is 3. The summed E-state index contributed by atoms with van der Waals surface area (Å²) in [5.74, 6) is 0.651. The molecular formula is C17H19ClN2O3. The molecule has 23 heavy (non-hydrogen) atoms. The smallest absolute Gasteiger partial charge is 0.319 e. The molecular weight excluding hydrogens is 316 g/mol. The number of ether oxygens (including phenoxy) is 1. The van der Waals surface area contributed by atoms with Gasteiger partial charge in [-0.05, 0) is 36.2 Å². The number of benzene rings is 2. The number of anilines is 1. The number of carbonyl (C=O) groups is 1. The van der Waals surface area contributed by atoms with Gasteiger partial charge < -0.3 is 20.5 Å². The first kappa shape index (κ1) is 17.1. The Bertz CT molecular complexity index is 691. The highest BCUT2D eigenvalue weighted by Crippen LogP contribution is 2.25. The van der Waals surface area contributed by atoms with E-state index in [0.717, 1.165) is 5.56 Å². The summed E-state index contributed by atoms with van der Waals surface area (Å²) in [5, 5.41) is 15.9. The third-order valence-electron chi connectivity index (χ3n) is 3.37. The number of aliphatic hydroxyl groups is 1. The van der Waals surface area contributed by atoms with Gasteiger partial charge in [0.1, 0.15) is 5.75 Å². The lowest BCUT2D eigenvalue weighted by molar-refractivity contribution is 0.175. The van der Waals surface area contributed by atoms with E-state index in [4.69, 9.17) is 16.3 Å². The second kappa shape index (κ2) is 7.85. The van der Waals surface area contributed by atoms with E-state index >= 15 is 0 Å². The quantitative estimate of drug-likeness (QED) is 0.783. The first-order valence-corrected chi connectivity index (χ1v) is 7.51. The normalized spacial score (nSPS) is 11.7. The van der Waals surface area contributed by atoms with Gasteiger partial charge in [-0.25, -0.2) is 4.79 Å². The maximum atomic E-state index is 11.9. The van der Waals surface area contributed by atoms with Crippen molar-refractivity contribution < 1.29 is 14.6 Å². The van der Waals surface area contributed by atoms with E-state index in [1.165, 1.54) is 0 Å². The van der Waals surface area contributed by atoms with Gasteiger partial charge in [-0.1, -0.05) is 35.9 Å². The number of hydrogen-bond donors (Lipinski definition) is 3. The predicted molar refractivity (Wildman–Crippen MR) is 91.2 cm³/mol. The van der Waals surface area contributed by atoms with Crippen LogP contribution < -0.4 is 15.4 Å². The molecule has 0 bridgehead atoms. The van der Waals surface area contributed by atoms with Gasteiger partial charge in [0.15, 0.2) is 0 Å². The first-order chi connectivity index (χ1) is 11.0. The second-order valence-electron chi connectivity index (χ2n) is 5.06. The van der Waals surface area contributed by atoms with E-state index in [2.05, 4.69) is 10.6 Å². The monoisotopic (exact) mass is 334 g/mol. The number of aryl methyl sites for hydroxylation is 1. The Balaban J connectivity index is 1.92. The third-order valence-corrected chi connectivity index (χ3v) is 3.88. The molecule has 6 heteroatoms. The molecule has 2 aromatic carbocycles. The summed E-state index contributed by atoms with van der Waals surface area (Å²) in [5.41, 5.74) is 2.07. The molecule has 2 aromatic rings. The fourth-order valence-electron chi connectivity index (χ4n) is 2.07. The predicted octanol–water partition coefficient (Wildman–Crippen LogP) is 3.51. The molecule has 2 amide bonds. The van der Waals surface area contributed by atoms with Gasteiger partial charge in [0.25, 0.3) is 0 Å². The standard InChI is InChI=1S/C17H19ClN2O3/c1-11-5-3-8-14(16(11)18)20-17(22)19-10-15(21)12-6-4-7-13(9-12)23-2/h3-9,15,21H,10H2,1-2H3,(H2,19,20,22). The zero-order valence-corrected chi connectivity index (χ0v) is 13.7. The van der Waals surface area contributed by atoms with Gasteiger partial charge in [-0.15, -0.1) is 0 Å². The summed E-state index contributed by atoms with van der Waals surface area (Å²) in [6, 6.07) is 12.0. The van der Waals surface area contributed by atoms with Crippen LogP contribution in [0.15, 0.2) is 42.5 Å². The average molecular weight is 335 g/mol. The fourth-order valence-corrected chi connectivity index (χ4v) is 2.24. The van der Waals surface area contributed by atoms with E-state index < -0.39 is 12.1 Å². The topological polar surface area (TPSA) is 70.6 Å². The Kier molecular flexibility index (Phi) is 5.84. The number of carbonyl (C=O) groups excluding carboxylic acids is 1. The Morgan fingerprint density at radius 3 is 2.78 bits per heavy atom. The highest BCUT2D eigenvalue weighted by atomic mass is 35.5. The van der Waals surface area contributed by atoms with Crippen LogP contribution in [0, 0.1) is 6.92 Å². The van der Waals surface area contributed by atoms with Crippen LogP contribution in [-0.2, 0) is 0 Å². The molecule has 0 aliphatic heterocycles. The van der Waals surface area contributed by atoms with Gasteiger partial charge in [0.05, 0.1) is 23.9 Å². The van der Waals surface area contributed by atoms with Crippen molar-refractivity contribution in [3.05, 3.63) is 58.6 Å². The number of nitrogens with one attached hydrogen (secondary N) is 2. The zero-order chi connectivity index (χ0) is 16.8. The van der Waals surface area contributed by atoms with Crippen LogP contribution in [0.4, 0.5) is 10.5 Å². The molecule has 0 aliphatic rings. The van der Waals surface area contributed by atoms with Crippen molar-refractivity contribution in [2.24, 2.45) is 0 Å². The minimum absolute atomic E-state index is 0.0719. The molecule has 0 aliphatic carbocycles. The number of urea groups is 1. The van der Waals surface area contributed by atoms with Gasteiger partial charge in [-0.3, -0.25) is 0 Å². The number of rotatable bonds is 5. The molecule has 0 saturated heterocycles. The van der Waals surface area contributed by atoms with E-state index in [9.17, 15) is 9.90 Å².